The highest BCUT2D eigenvalue weighted by atomic mass is 16.5. The maximum absolute atomic E-state index is 12.8. The number of hydrogen-bond donors (Lipinski definition) is 2. The average molecular weight is 423 g/mol. The van der Waals surface area contributed by atoms with Crippen molar-refractivity contribution in [2.45, 2.75) is 25.3 Å². The smallest absolute Gasteiger partial charge is 0.326 e. The number of rotatable bonds is 8. The molecule has 1 fully saturated rings. The van der Waals surface area contributed by atoms with Crippen LogP contribution in [0.3, 0.4) is 0 Å². The number of ether oxygens (including phenoxy) is 1. The van der Waals surface area contributed by atoms with Gasteiger partial charge >= 0.3 is 12.0 Å². The molecule has 8 heteroatoms. The van der Waals surface area contributed by atoms with Gasteiger partial charge in [0.1, 0.15) is 12.1 Å². The van der Waals surface area contributed by atoms with Gasteiger partial charge in [-0.2, -0.15) is 0 Å². The molecule has 0 unspecified atom stereocenters. The van der Waals surface area contributed by atoms with Crippen LogP contribution in [0.15, 0.2) is 60.7 Å². The van der Waals surface area contributed by atoms with Crippen molar-refractivity contribution < 1.29 is 23.9 Å². The first-order valence-corrected chi connectivity index (χ1v) is 9.98. The molecule has 2 aromatic carbocycles. The van der Waals surface area contributed by atoms with Crippen molar-refractivity contribution in [1.29, 1.82) is 0 Å². The highest BCUT2D eigenvalue weighted by molar-refractivity contribution is 6.08. The zero-order valence-corrected chi connectivity index (χ0v) is 17.5. The van der Waals surface area contributed by atoms with Gasteiger partial charge in [0, 0.05) is 6.54 Å². The van der Waals surface area contributed by atoms with Crippen molar-refractivity contribution in [3.8, 4) is 0 Å². The first-order valence-electron chi connectivity index (χ1n) is 9.98. The minimum absolute atomic E-state index is 0.0995. The van der Waals surface area contributed by atoms with Gasteiger partial charge in [0.05, 0.1) is 0 Å². The average Bonchev–Trinajstić information content (AvgIpc) is 3.01. The fourth-order valence-electron chi connectivity index (χ4n) is 3.35. The monoisotopic (exact) mass is 423 g/mol. The summed E-state index contributed by atoms with van der Waals surface area (Å²) in [5.74, 6) is -1.75. The minimum atomic E-state index is -1.26. The van der Waals surface area contributed by atoms with Gasteiger partial charge in [-0.15, -0.1) is 0 Å². The predicted molar refractivity (Wildman–Crippen MR) is 113 cm³/mol. The van der Waals surface area contributed by atoms with E-state index in [9.17, 15) is 19.2 Å². The van der Waals surface area contributed by atoms with E-state index in [-0.39, 0.29) is 5.92 Å². The SMILES string of the molecule is C[C@H](CNC(=O)COC(=O)CN1C(=O)N[C@@](C)(c2ccccc2)C1=O)c1ccccc1. The largest absolute Gasteiger partial charge is 0.454 e. The summed E-state index contributed by atoms with van der Waals surface area (Å²) in [7, 11) is 0. The molecule has 1 heterocycles. The van der Waals surface area contributed by atoms with Gasteiger partial charge in [0.2, 0.25) is 0 Å². The van der Waals surface area contributed by atoms with Crippen molar-refractivity contribution in [2.24, 2.45) is 0 Å². The number of nitrogens with one attached hydrogen (secondary N) is 2. The lowest BCUT2D eigenvalue weighted by atomic mass is 9.92. The zero-order chi connectivity index (χ0) is 22.4. The van der Waals surface area contributed by atoms with E-state index in [4.69, 9.17) is 4.74 Å². The number of benzene rings is 2. The molecule has 1 saturated heterocycles. The van der Waals surface area contributed by atoms with E-state index in [1.165, 1.54) is 0 Å². The summed E-state index contributed by atoms with van der Waals surface area (Å²) in [6.07, 6.45) is 0. The van der Waals surface area contributed by atoms with E-state index in [0.29, 0.717) is 12.1 Å². The normalized spacial score (nSPS) is 19.0. The first-order chi connectivity index (χ1) is 14.8. The highest BCUT2D eigenvalue weighted by Gasteiger charge is 2.49. The van der Waals surface area contributed by atoms with Gasteiger partial charge in [-0.05, 0) is 24.0 Å². The van der Waals surface area contributed by atoms with E-state index in [1.54, 1.807) is 37.3 Å². The molecule has 1 aliphatic rings. The third-order valence-electron chi connectivity index (χ3n) is 5.25. The van der Waals surface area contributed by atoms with Crippen LogP contribution in [0, 0.1) is 0 Å². The Morgan fingerprint density at radius 2 is 1.68 bits per heavy atom. The second-order valence-corrected chi connectivity index (χ2v) is 7.59. The van der Waals surface area contributed by atoms with E-state index >= 15 is 0 Å². The van der Waals surface area contributed by atoms with Crippen LogP contribution in [0.25, 0.3) is 0 Å². The second-order valence-electron chi connectivity index (χ2n) is 7.59. The lowest BCUT2D eigenvalue weighted by molar-refractivity contribution is -0.151. The van der Waals surface area contributed by atoms with E-state index < -0.39 is 42.5 Å². The molecule has 4 amide bonds. The number of imide groups is 1. The molecule has 2 atom stereocenters. The standard InChI is InChI=1S/C23H25N3O5/c1-16(17-9-5-3-6-10-17)13-24-19(27)15-31-20(28)14-26-21(29)23(2,25-22(26)30)18-11-7-4-8-12-18/h3-12,16H,13-15H2,1-2H3,(H,24,27)(H,25,30)/t16-,23+/m1/s1. The number of amides is 4. The molecule has 0 aliphatic carbocycles. The highest BCUT2D eigenvalue weighted by Crippen LogP contribution is 2.28. The number of carbonyl (C=O) groups is 4. The molecule has 0 spiro atoms. The molecule has 0 radical (unpaired) electrons. The Hall–Kier alpha value is -3.68. The fraction of sp³-hybridized carbons (Fsp3) is 0.304. The number of carbonyl (C=O) groups excluding carboxylic acids is 4. The number of urea groups is 1. The molecule has 3 rings (SSSR count). The third kappa shape index (κ3) is 5.09. The van der Waals surface area contributed by atoms with Crippen molar-refractivity contribution in [3.05, 3.63) is 71.8 Å². The summed E-state index contributed by atoms with van der Waals surface area (Å²) in [4.78, 5) is 50.0. The van der Waals surface area contributed by atoms with Gasteiger partial charge in [-0.25, -0.2) is 4.79 Å². The molecule has 0 saturated carbocycles. The maximum Gasteiger partial charge on any atom is 0.326 e. The van der Waals surface area contributed by atoms with Crippen molar-refractivity contribution in [2.75, 3.05) is 19.7 Å². The quantitative estimate of drug-likeness (QED) is 0.499. The summed E-state index contributed by atoms with van der Waals surface area (Å²) in [6, 6.07) is 17.8. The Bertz CT molecular complexity index is 964. The molecule has 162 valence electrons. The van der Waals surface area contributed by atoms with Gasteiger partial charge in [0.25, 0.3) is 11.8 Å². The lowest BCUT2D eigenvalue weighted by Gasteiger charge is -2.21. The molecule has 8 nitrogen and oxygen atoms in total. The topological polar surface area (TPSA) is 105 Å². The Kier molecular flexibility index (Phi) is 6.69. The summed E-state index contributed by atoms with van der Waals surface area (Å²) < 4.78 is 4.95. The third-order valence-corrected chi connectivity index (χ3v) is 5.25. The predicted octanol–water partition coefficient (Wildman–Crippen LogP) is 1.92. The zero-order valence-electron chi connectivity index (χ0n) is 17.5. The van der Waals surface area contributed by atoms with Crippen LogP contribution in [0.4, 0.5) is 4.79 Å². The van der Waals surface area contributed by atoms with Crippen LogP contribution in [-0.2, 0) is 24.7 Å². The molecule has 2 aromatic rings. The number of esters is 1. The summed E-state index contributed by atoms with van der Waals surface area (Å²) in [5.41, 5.74) is 0.430. The Balaban J connectivity index is 1.48. The van der Waals surface area contributed by atoms with Crippen molar-refractivity contribution in [1.82, 2.24) is 15.5 Å². The summed E-state index contributed by atoms with van der Waals surface area (Å²) in [5, 5.41) is 5.32. The van der Waals surface area contributed by atoms with Gasteiger partial charge in [-0.3, -0.25) is 19.3 Å². The van der Waals surface area contributed by atoms with Gasteiger partial charge < -0.3 is 15.4 Å². The Morgan fingerprint density at radius 3 is 2.32 bits per heavy atom. The summed E-state index contributed by atoms with van der Waals surface area (Å²) >= 11 is 0. The number of hydrogen-bond acceptors (Lipinski definition) is 5. The van der Waals surface area contributed by atoms with E-state index in [0.717, 1.165) is 10.5 Å². The number of nitrogens with zero attached hydrogens (tertiary/aromatic N) is 1. The van der Waals surface area contributed by atoms with E-state index in [1.807, 2.05) is 37.3 Å². The van der Waals surface area contributed by atoms with Gasteiger partial charge in [0.15, 0.2) is 6.61 Å². The van der Waals surface area contributed by atoms with Crippen molar-refractivity contribution in [3.63, 3.8) is 0 Å². The molecule has 2 N–H and O–H groups in total. The van der Waals surface area contributed by atoms with Crippen LogP contribution in [0.5, 0.6) is 0 Å². The second kappa shape index (κ2) is 9.42. The van der Waals surface area contributed by atoms with Crippen LogP contribution in [0.1, 0.15) is 30.9 Å². The molecular weight excluding hydrogens is 398 g/mol. The van der Waals surface area contributed by atoms with Crippen LogP contribution < -0.4 is 10.6 Å². The Morgan fingerprint density at radius 1 is 1.06 bits per heavy atom. The Labute approximate surface area is 180 Å². The fourth-order valence-corrected chi connectivity index (χ4v) is 3.35. The van der Waals surface area contributed by atoms with Gasteiger partial charge in [-0.1, -0.05) is 67.6 Å². The molecule has 31 heavy (non-hydrogen) atoms. The van der Waals surface area contributed by atoms with Crippen LogP contribution >= 0.6 is 0 Å². The van der Waals surface area contributed by atoms with E-state index in [2.05, 4.69) is 10.6 Å². The molecular formula is C23H25N3O5. The maximum atomic E-state index is 12.8. The molecule has 1 aliphatic heterocycles. The minimum Gasteiger partial charge on any atom is -0.454 e. The lowest BCUT2D eigenvalue weighted by Crippen LogP contribution is -2.42. The first kappa shape index (κ1) is 22.0. The van der Waals surface area contributed by atoms with Crippen molar-refractivity contribution >= 4 is 23.8 Å². The molecule has 0 bridgehead atoms. The van der Waals surface area contributed by atoms with Crippen LogP contribution in [-0.4, -0.2) is 48.4 Å². The molecule has 0 aromatic heterocycles. The van der Waals surface area contributed by atoms with Crippen LogP contribution in [0.2, 0.25) is 0 Å². The summed E-state index contributed by atoms with van der Waals surface area (Å²) in [6.45, 7) is 2.89.